The number of Topliss-reactive ketones (excluding diaryl/α,β-unsaturated/α-hetero) is 1. The average Bonchev–Trinajstić information content (AvgIpc) is 2.41. The average molecular weight is 267 g/mol. The van der Waals surface area contributed by atoms with Crippen molar-refractivity contribution < 1.29 is 4.79 Å². The van der Waals surface area contributed by atoms with Crippen LogP contribution in [-0.4, -0.2) is 10.8 Å². The molecule has 0 spiro atoms. The molecule has 0 amide bonds. The lowest BCUT2D eigenvalue weighted by Crippen LogP contribution is -2.10. The first kappa shape index (κ1) is 12.2. The number of ketones is 1. The van der Waals surface area contributed by atoms with Crippen LogP contribution in [0, 0.1) is 6.92 Å². The first-order valence-electron chi connectivity index (χ1n) is 6.17. The van der Waals surface area contributed by atoms with Crippen LogP contribution in [-0.2, 0) is 0 Å². The highest BCUT2D eigenvalue weighted by Gasteiger charge is 2.20. The molecule has 2 aromatic rings. The van der Waals surface area contributed by atoms with Gasteiger partial charge in [-0.1, -0.05) is 41.6 Å². The first-order chi connectivity index (χ1) is 9.22. The topological polar surface area (TPSA) is 29.4 Å². The Labute approximate surface area is 116 Å². The maximum absolute atomic E-state index is 12.1. The van der Waals surface area contributed by atoms with E-state index in [-0.39, 0.29) is 5.78 Å². The van der Waals surface area contributed by atoms with Crippen molar-refractivity contribution in [2.45, 2.75) is 18.2 Å². The first-order valence-corrected chi connectivity index (χ1v) is 6.98. The zero-order valence-corrected chi connectivity index (χ0v) is 11.4. The van der Waals surface area contributed by atoms with Crippen molar-refractivity contribution in [3.63, 3.8) is 0 Å². The molecule has 0 aliphatic carbocycles. The van der Waals surface area contributed by atoms with Gasteiger partial charge in [0, 0.05) is 10.5 Å². The van der Waals surface area contributed by atoms with Gasteiger partial charge in [0.1, 0.15) is 0 Å². The van der Waals surface area contributed by atoms with E-state index in [9.17, 15) is 4.79 Å². The van der Waals surface area contributed by atoms with Gasteiger partial charge in [-0.3, -0.25) is 4.79 Å². The quantitative estimate of drug-likeness (QED) is 0.766. The maximum atomic E-state index is 12.1. The van der Waals surface area contributed by atoms with Crippen LogP contribution in [0.25, 0.3) is 0 Å². The lowest BCUT2D eigenvalue weighted by molar-refractivity contribution is 0.100. The van der Waals surface area contributed by atoms with Crippen molar-refractivity contribution in [3.05, 3.63) is 59.7 Å². The van der Waals surface area contributed by atoms with Crippen LogP contribution in [0.2, 0.25) is 0 Å². The Bertz CT molecular complexity index is 662. The summed E-state index contributed by atoms with van der Waals surface area (Å²) in [6.07, 6.45) is 0.399. The molecule has 0 radical (unpaired) electrons. The number of aliphatic imine (C=N–C) groups is 1. The number of hydrogen-bond acceptors (Lipinski definition) is 3. The highest BCUT2D eigenvalue weighted by atomic mass is 32.2. The molecule has 0 saturated heterocycles. The van der Waals surface area contributed by atoms with Gasteiger partial charge in [-0.05, 0) is 31.2 Å². The molecule has 94 valence electrons. The maximum Gasteiger partial charge on any atom is 0.171 e. The Balaban J connectivity index is 1.93. The van der Waals surface area contributed by atoms with Gasteiger partial charge in [0.2, 0.25) is 0 Å². The Kier molecular flexibility index (Phi) is 3.22. The van der Waals surface area contributed by atoms with Crippen molar-refractivity contribution in [2.24, 2.45) is 4.99 Å². The lowest BCUT2D eigenvalue weighted by atomic mass is 10.0. The molecule has 0 aromatic heterocycles. The summed E-state index contributed by atoms with van der Waals surface area (Å²) in [5.41, 5.74) is 2.64. The summed E-state index contributed by atoms with van der Waals surface area (Å²) in [6, 6.07) is 15.9. The third-order valence-corrected chi connectivity index (χ3v) is 3.97. The smallest absolute Gasteiger partial charge is 0.171 e. The zero-order valence-electron chi connectivity index (χ0n) is 10.6. The fraction of sp³-hybridized carbons (Fsp3) is 0.125. The predicted octanol–water partition coefficient (Wildman–Crippen LogP) is 4.40. The summed E-state index contributed by atoms with van der Waals surface area (Å²) >= 11 is 1.57. The molecule has 1 aliphatic rings. The highest BCUT2D eigenvalue weighted by Crippen LogP contribution is 2.32. The lowest BCUT2D eigenvalue weighted by Gasteiger charge is -2.14. The monoisotopic (exact) mass is 267 g/mol. The molecule has 3 heteroatoms. The van der Waals surface area contributed by atoms with E-state index >= 15 is 0 Å². The summed E-state index contributed by atoms with van der Waals surface area (Å²) in [6.45, 7) is 1.99. The highest BCUT2D eigenvalue weighted by molar-refractivity contribution is 8.14. The van der Waals surface area contributed by atoms with Gasteiger partial charge >= 0.3 is 0 Å². The van der Waals surface area contributed by atoms with Gasteiger partial charge in [-0.2, -0.15) is 0 Å². The number of benzene rings is 2. The van der Waals surface area contributed by atoms with Gasteiger partial charge < -0.3 is 0 Å². The number of carbonyl (C=O) groups excluding carboxylic acids is 1. The molecule has 0 atom stereocenters. The summed E-state index contributed by atoms with van der Waals surface area (Å²) in [5.74, 6) is 0.159. The van der Waals surface area contributed by atoms with E-state index in [1.54, 1.807) is 11.8 Å². The summed E-state index contributed by atoms with van der Waals surface area (Å²) in [5, 5.41) is 0.868. The van der Waals surface area contributed by atoms with Crippen LogP contribution in [0.1, 0.15) is 22.3 Å². The van der Waals surface area contributed by atoms with Crippen LogP contribution in [0.5, 0.6) is 0 Å². The van der Waals surface area contributed by atoms with Gasteiger partial charge in [-0.25, -0.2) is 4.99 Å². The standard InChI is InChI=1S/C16H13NOS/c1-11-7-8-14-13(9-11)15(18)10-16(17-14)19-12-5-3-2-4-6-12/h2-9H,10H2,1H3. The zero-order chi connectivity index (χ0) is 13.2. The molecule has 0 fully saturated rings. The van der Waals surface area contributed by atoms with Crippen LogP contribution in [0.15, 0.2) is 58.4 Å². The molecule has 2 aromatic carbocycles. The van der Waals surface area contributed by atoms with E-state index in [4.69, 9.17) is 0 Å². The van der Waals surface area contributed by atoms with Crippen molar-refractivity contribution in [1.82, 2.24) is 0 Å². The van der Waals surface area contributed by atoms with Crippen LogP contribution in [0.4, 0.5) is 5.69 Å². The Morgan fingerprint density at radius 3 is 2.68 bits per heavy atom. The van der Waals surface area contributed by atoms with E-state index in [2.05, 4.69) is 4.99 Å². The molecular formula is C16H13NOS. The number of fused-ring (bicyclic) bond motifs is 1. The van der Waals surface area contributed by atoms with E-state index in [1.165, 1.54) is 0 Å². The van der Waals surface area contributed by atoms with Crippen molar-refractivity contribution in [2.75, 3.05) is 0 Å². The van der Waals surface area contributed by atoms with Gasteiger partial charge in [0.05, 0.1) is 17.2 Å². The fourth-order valence-electron chi connectivity index (χ4n) is 2.06. The van der Waals surface area contributed by atoms with Gasteiger partial charge in [-0.15, -0.1) is 0 Å². The molecule has 0 saturated carbocycles. The van der Waals surface area contributed by atoms with Crippen LogP contribution < -0.4 is 0 Å². The number of rotatable bonds is 1. The van der Waals surface area contributed by atoms with E-state index in [1.807, 2.05) is 55.5 Å². The third-order valence-electron chi connectivity index (χ3n) is 2.99. The molecule has 1 heterocycles. The largest absolute Gasteiger partial charge is 0.294 e. The van der Waals surface area contributed by atoms with Gasteiger partial charge in [0.25, 0.3) is 0 Å². The van der Waals surface area contributed by atoms with Crippen LogP contribution in [0.3, 0.4) is 0 Å². The SMILES string of the molecule is Cc1ccc2c(c1)C(=O)CC(Sc1ccccc1)=N2. The summed E-state index contributed by atoms with van der Waals surface area (Å²) in [4.78, 5) is 17.9. The summed E-state index contributed by atoms with van der Waals surface area (Å²) in [7, 11) is 0. The van der Waals surface area contributed by atoms with Crippen molar-refractivity contribution >= 4 is 28.3 Å². The normalized spacial score (nSPS) is 13.9. The van der Waals surface area contributed by atoms with Crippen LogP contribution >= 0.6 is 11.8 Å². The van der Waals surface area contributed by atoms with E-state index in [0.717, 1.165) is 26.8 Å². The molecule has 0 unspecified atom stereocenters. The van der Waals surface area contributed by atoms with E-state index < -0.39 is 0 Å². The number of aryl methyl sites for hydroxylation is 1. The molecular weight excluding hydrogens is 254 g/mol. The predicted molar refractivity (Wildman–Crippen MR) is 79.5 cm³/mol. The Morgan fingerprint density at radius 1 is 1.11 bits per heavy atom. The molecule has 1 aliphatic heterocycles. The van der Waals surface area contributed by atoms with Crippen molar-refractivity contribution in [3.8, 4) is 0 Å². The number of carbonyl (C=O) groups is 1. The Hall–Kier alpha value is -1.87. The minimum absolute atomic E-state index is 0.159. The Morgan fingerprint density at radius 2 is 1.89 bits per heavy atom. The van der Waals surface area contributed by atoms with E-state index in [0.29, 0.717) is 6.42 Å². The number of hydrogen-bond donors (Lipinski definition) is 0. The third kappa shape index (κ3) is 2.61. The molecule has 2 nitrogen and oxygen atoms in total. The van der Waals surface area contributed by atoms with Crippen molar-refractivity contribution in [1.29, 1.82) is 0 Å². The molecule has 0 bridgehead atoms. The second-order valence-electron chi connectivity index (χ2n) is 4.54. The molecule has 0 N–H and O–H groups in total. The minimum atomic E-state index is 0.159. The molecule has 3 rings (SSSR count). The second-order valence-corrected chi connectivity index (χ2v) is 5.69. The number of thioether (sulfide) groups is 1. The second kappa shape index (κ2) is 5.02. The fourth-order valence-corrected chi connectivity index (χ4v) is 2.97. The molecule has 19 heavy (non-hydrogen) atoms. The number of nitrogens with zero attached hydrogens (tertiary/aromatic N) is 1. The minimum Gasteiger partial charge on any atom is -0.294 e. The summed E-state index contributed by atoms with van der Waals surface area (Å²) < 4.78 is 0. The van der Waals surface area contributed by atoms with Gasteiger partial charge in [0.15, 0.2) is 5.78 Å².